The highest BCUT2D eigenvalue weighted by molar-refractivity contribution is 5.46. The number of aromatic nitrogens is 2. The predicted octanol–water partition coefficient (Wildman–Crippen LogP) is 2.89. The van der Waals surface area contributed by atoms with Crippen LogP contribution in [0.5, 0.6) is 0 Å². The van der Waals surface area contributed by atoms with Crippen molar-refractivity contribution in [3.63, 3.8) is 0 Å². The Bertz CT molecular complexity index is 444. The molecule has 0 unspecified atom stereocenters. The number of nitrogens with zero attached hydrogens (tertiary/aromatic N) is 6. The Labute approximate surface area is 108 Å². The minimum absolute atomic E-state index is 0.261. The Morgan fingerprint density at radius 1 is 1.39 bits per heavy atom. The maximum absolute atomic E-state index is 8.99. The Morgan fingerprint density at radius 2 is 2.00 bits per heavy atom. The first kappa shape index (κ1) is 14.2. The summed E-state index contributed by atoms with van der Waals surface area (Å²) >= 11 is 0. The Balaban J connectivity index is 3.02. The molecule has 0 saturated heterocycles. The van der Waals surface area contributed by atoms with Crippen LogP contribution in [0.15, 0.2) is 16.5 Å². The fraction of sp³-hybridized carbons (Fsp3) is 0.667. The van der Waals surface area contributed by atoms with Crippen LogP contribution in [0.3, 0.4) is 0 Å². The fourth-order valence-corrected chi connectivity index (χ4v) is 1.69. The van der Waals surface area contributed by atoms with E-state index in [1.807, 2.05) is 11.9 Å². The molecule has 0 spiro atoms. The van der Waals surface area contributed by atoms with Crippen LogP contribution >= 0.6 is 0 Å². The molecule has 1 rings (SSSR count). The highest BCUT2D eigenvalue weighted by atomic mass is 15.6. The van der Waals surface area contributed by atoms with Crippen LogP contribution in [0.25, 0.3) is 0 Å². The summed E-state index contributed by atoms with van der Waals surface area (Å²) in [7, 11) is 0. The van der Waals surface area contributed by atoms with Gasteiger partial charge in [-0.2, -0.15) is 10.4 Å². The van der Waals surface area contributed by atoms with Gasteiger partial charge < -0.3 is 0 Å². The van der Waals surface area contributed by atoms with E-state index in [9.17, 15) is 0 Å². The van der Waals surface area contributed by atoms with E-state index in [4.69, 9.17) is 5.26 Å². The lowest BCUT2D eigenvalue weighted by molar-refractivity contribution is 0.169. The summed E-state index contributed by atoms with van der Waals surface area (Å²) in [5.74, 6) is 0.520. The van der Waals surface area contributed by atoms with Crippen LogP contribution < -0.4 is 0 Å². The summed E-state index contributed by atoms with van der Waals surface area (Å²) in [4.78, 5) is 0. The highest BCUT2D eigenvalue weighted by Crippen LogP contribution is 2.19. The van der Waals surface area contributed by atoms with Crippen LogP contribution in [-0.2, 0) is 6.54 Å². The van der Waals surface area contributed by atoms with E-state index in [0.29, 0.717) is 17.9 Å². The Morgan fingerprint density at radius 3 is 2.44 bits per heavy atom. The summed E-state index contributed by atoms with van der Waals surface area (Å²) in [5.41, 5.74) is 0.452. The molecule has 0 aliphatic carbocycles. The van der Waals surface area contributed by atoms with E-state index in [0.717, 1.165) is 0 Å². The number of hydrogen-bond donors (Lipinski definition) is 0. The second-order valence-electron chi connectivity index (χ2n) is 4.57. The Kier molecular flexibility index (Phi) is 4.84. The summed E-state index contributed by atoms with van der Waals surface area (Å²) in [6.07, 6.45) is 1.52. The van der Waals surface area contributed by atoms with Crippen molar-refractivity contribution in [2.45, 2.75) is 53.2 Å². The van der Waals surface area contributed by atoms with Gasteiger partial charge in [0.05, 0.1) is 6.20 Å². The first-order valence-corrected chi connectivity index (χ1v) is 6.17. The second-order valence-corrected chi connectivity index (χ2v) is 4.57. The molecule has 0 bridgehead atoms. The van der Waals surface area contributed by atoms with Crippen molar-refractivity contribution < 1.29 is 0 Å². The van der Waals surface area contributed by atoms with Gasteiger partial charge in [-0.25, -0.2) is 4.68 Å². The van der Waals surface area contributed by atoms with Gasteiger partial charge in [-0.15, -0.1) is 5.11 Å². The zero-order valence-electron chi connectivity index (χ0n) is 11.6. The molecule has 98 valence electrons. The summed E-state index contributed by atoms with van der Waals surface area (Å²) < 4.78 is 1.67. The summed E-state index contributed by atoms with van der Waals surface area (Å²) in [5, 5.41) is 23.4. The van der Waals surface area contributed by atoms with Crippen molar-refractivity contribution in [3.05, 3.63) is 11.8 Å². The van der Waals surface area contributed by atoms with E-state index >= 15 is 0 Å². The lowest BCUT2D eigenvalue weighted by Gasteiger charge is -2.25. The number of rotatable bonds is 5. The molecule has 0 fully saturated rings. The molecule has 1 aromatic heterocycles. The lowest BCUT2D eigenvalue weighted by atomic mass is 10.3. The van der Waals surface area contributed by atoms with Crippen LogP contribution in [0.4, 0.5) is 5.82 Å². The van der Waals surface area contributed by atoms with E-state index < -0.39 is 0 Å². The first-order chi connectivity index (χ1) is 8.51. The van der Waals surface area contributed by atoms with Gasteiger partial charge in [-0.05, 0) is 34.6 Å². The first-order valence-electron chi connectivity index (χ1n) is 6.17. The summed E-state index contributed by atoms with van der Waals surface area (Å²) in [6, 6.07) is 2.60. The average molecular weight is 248 g/mol. The molecule has 0 radical (unpaired) electrons. The normalized spacial score (nSPS) is 11.4. The van der Waals surface area contributed by atoms with Gasteiger partial charge in [0.2, 0.25) is 0 Å². The average Bonchev–Trinajstić information content (AvgIpc) is 2.70. The third-order valence-corrected chi connectivity index (χ3v) is 2.53. The van der Waals surface area contributed by atoms with Gasteiger partial charge in [0.25, 0.3) is 0 Å². The van der Waals surface area contributed by atoms with Gasteiger partial charge >= 0.3 is 0 Å². The van der Waals surface area contributed by atoms with Crippen molar-refractivity contribution in [1.82, 2.24) is 14.8 Å². The molecule has 0 aliphatic rings. The molecule has 0 aromatic carbocycles. The largest absolute Gasteiger partial charge is 0.273 e. The minimum atomic E-state index is 0.261. The topological polar surface area (TPSA) is 69.6 Å². The van der Waals surface area contributed by atoms with E-state index in [2.05, 4.69) is 49.2 Å². The number of hydrogen-bond acceptors (Lipinski definition) is 4. The third kappa shape index (κ3) is 3.06. The van der Waals surface area contributed by atoms with Gasteiger partial charge in [0, 0.05) is 18.6 Å². The molecule has 18 heavy (non-hydrogen) atoms. The molecule has 0 amide bonds. The monoisotopic (exact) mass is 248 g/mol. The smallest absolute Gasteiger partial charge is 0.192 e. The fourth-order valence-electron chi connectivity index (χ4n) is 1.69. The Hall–Kier alpha value is -1.90. The van der Waals surface area contributed by atoms with Crippen LogP contribution in [-0.4, -0.2) is 26.9 Å². The van der Waals surface area contributed by atoms with Gasteiger partial charge in [-0.1, -0.05) is 5.22 Å². The van der Waals surface area contributed by atoms with Gasteiger partial charge in [0.15, 0.2) is 5.82 Å². The van der Waals surface area contributed by atoms with Gasteiger partial charge in [0.1, 0.15) is 11.6 Å². The molecule has 0 aliphatic heterocycles. The van der Waals surface area contributed by atoms with E-state index in [1.165, 1.54) is 6.20 Å². The zero-order valence-corrected chi connectivity index (χ0v) is 11.6. The van der Waals surface area contributed by atoms with Crippen molar-refractivity contribution >= 4 is 5.82 Å². The number of aryl methyl sites for hydroxylation is 1. The molecule has 6 heteroatoms. The second kappa shape index (κ2) is 6.15. The molecular formula is C12H20N6. The van der Waals surface area contributed by atoms with Crippen molar-refractivity contribution in [2.75, 3.05) is 0 Å². The molecule has 0 atom stereocenters. The van der Waals surface area contributed by atoms with Crippen molar-refractivity contribution in [3.8, 4) is 6.07 Å². The van der Waals surface area contributed by atoms with Crippen LogP contribution in [0.2, 0.25) is 0 Å². The molecule has 1 heterocycles. The third-order valence-electron chi connectivity index (χ3n) is 2.53. The van der Waals surface area contributed by atoms with Crippen LogP contribution in [0.1, 0.15) is 40.2 Å². The predicted molar refractivity (Wildman–Crippen MR) is 69.2 cm³/mol. The van der Waals surface area contributed by atoms with Crippen molar-refractivity contribution in [1.29, 1.82) is 5.26 Å². The number of nitriles is 1. The highest BCUT2D eigenvalue weighted by Gasteiger charge is 2.13. The maximum Gasteiger partial charge on any atom is 0.192 e. The minimum Gasteiger partial charge on any atom is -0.273 e. The maximum atomic E-state index is 8.99. The molecule has 0 N–H and O–H groups in total. The lowest BCUT2D eigenvalue weighted by Crippen LogP contribution is -2.31. The molecule has 0 saturated carbocycles. The summed E-state index contributed by atoms with van der Waals surface area (Å²) in [6.45, 7) is 10.8. The van der Waals surface area contributed by atoms with Gasteiger partial charge in [-0.3, -0.25) is 5.01 Å². The molecular weight excluding hydrogens is 228 g/mol. The van der Waals surface area contributed by atoms with Crippen molar-refractivity contribution in [2.24, 2.45) is 10.3 Å². The van der Waals surface area contributed by atoms with E-state index in [1.54, 1.807) is 4.68 Å². The quantitative estimate of drug-likeness (QED) is 0.594. The standard InChI is InChI=1S/C12H20N6/c1-6-17-12(11(7-13)8-14-17)15-16-18(9(2)3)10(4)5/h8-10H,6H2,1-5H3/b16-15+. The zero-order chi connectivity index (χ0) is 13.7. The molecule has 6 nitrogen and oxygen atoms in total. The van der Waals surface area contributed by atoms with Crippen LogP contribution in [0, 0.1) is 11.3 Å². The SMILES string of the molecule is CCn1ncc(C#N)c1/N=N/N(C(C)C)C(C)C. The van der Waals surface area contributed by atoms with E-state index in [-0.39, 0.29) is 12.1 Å². The molecule has 1 aromatic rings.